The molecule has 1 N–H and O–H groups in total. The van der Waals surface area contributed by atoms with E-state index in [9.17, 15) is 4.79 Å². The SMILES string of the molecule is CCCOc1c(Br)cc(C(=O)NCCCn2c(C)nc3ccccc32)cc1OC. The number of methoxy groups -OCH3 is 1. The summed E-state index contributed by atoms with van der Waals surface area (Å²) in [5, 5.41) is 2.98. The van der Waals surface area contributed by atoms with E-state index in [1.165, 1.54) is 0 Å². The maximum Gasteiger partial charge on any atom is 0.251 e. The maximum atomic E-state index is 12.6. The highest BCUT2D eigenvalue weighted by Gasteiger charge is 2.15. The average molecular weight is 460 g/mol. The minimum atomic E-state index is -0.141. The summed E-state index contributed by atoms with van der Waals surface area (Å²) in [6.07, 6.45) is 1.70. The molecule has 0 radical (unpaired) electrons. The van der Waals surface area contributed by atoms with E-state index in [4.69, 9.17) is 9.47 Å². The third kappa shape index (κ3) is 4.90. The molecule has 3 rings (SSSR count). The van der Waals surface area contributed by atoms with Crippen LogP contribution in [0, 0.1) is 6.92 Å². The zero-order valence-electron chi connectivity index (χ0n) is 17.0. The predicted octanol–water partition coefficient (Wildman–Crippen LogP) is 4.72. The summed E-state index contributed by atoms with van der Waals surface area (Å²) in [6.45, 7) is 5.99. The highest BCUT2D eigenvalue weighted by Crippen LogP contribution is 2.36. The summed E-state index contributed by atoms with van der Waals surface area (Å²) in [5.41, 5.74) is 2.64. The van der Waals surface area contributed by atoms with E-state index in [-0.39, 0.29) is 5.91 Å². The summed E-state index contributed by atoms with van der Waals surface area (Å²) in [6, 6.07) is 11.6. The van der Waals surface area contributed by atoms with E-state index in [1.54, 1.807) is 19.2 Å². The number of amides is 1. The first-order valence-electron chi connectivity index (χ1n) is 9.75. The van der Waals surface area contributed by atoms with Crippen LogP contribution >= 0.6 is 15.9 Å². The van der Waals surface area contributed by atoms with Gasteiger partial charge in [0.25, 0.3) is 5.91 Å². The molecule has 0 spiro atoms. The van der Waals surface area contributed by atoms with Crippen molar-refractivity contribution in [3.8, 4) is 11.5 Å². The number of benzene rings is 2. The van der Waals surface area contributed by atoms with Crippen LogP contribution in [0.15, 0.2) is 40.9 Å². The fourth-order valence-corrected chi connectivity index (χ4v) is 3.77. The molecule has 6 nitrogen and oxygen atoms in total. The van der Waals surface area contributed by atoms with Crippen molar-refractivity contribution in [2.45, 2.75) is 33.2 Å². The standard InChI is InChI=1S/C22H26BrN3O3/c1-4-12-29-21-17(23)13-16(14-20(21)28-3)22(27)24-10-7-11-26-15(2)25-18-8-5-6-9-19(18)26/h5-6,8-9,13-14H,4,7,10-12H2,1-3H3,(H,24,27). The van der Waals surface area contributed by atoms with Gasteiger partial charge < -0.3 is 19.4 Å². The van der Waals surface area contributed by atoms with Gasteiger partial charge in [-0.05, 0) is 60.0 Å². The Balaban J connectivity index is 1.60. The molecule has 2 aromatic carbocycles. The van der Waals surface area contributed by atoms with Crippen molar-refractivity contribution < 1.29 is 14.3 Å². The van der Waals surface area contributed by atoms with Crippen molar-refractivity contribution in [2.24, 2.45) is 0 Å². The number of aryl methyl sites for hydroxylation is 2. The number of hydrogen-bond donors (Lipinski definition) is 1. The Morgan fingerprint density at radius 2 is 2.07 bits per heavy atom. The van der Waals surface area contributed by atoms with Crippen molar-refractivity contribution in [2.75, 3.05) is 20.3 Å². The topological polar surface area (TPSA) is 65.4 Å². The average Bonchev–Trinajstić information content (AvgIpc) is 3.04. The molecule has 0 saturated heterocycles. The maximum absolute atomic E-state index is 12.6. The molecule has 1 amide bonds. The summed E-state index contributed by atoms with van der Waals surface area (Å²) < 4.78 is 14.0. The van der Waals surface area contributed by atoms with Gasteiger partial charge >= 0.3 is 0 Å². The third-order valence-electron chi connectivity index (χ3n) is 4.63. The molecular weight excluding hydrogens is 434 g/mol. The van der Waals surface area contributed by atoms with Gasteiger partial charge in [0.15, 0.2) is 11.5 Å². The van der Waals surface area contributed by atoms with E-state index in [0.29, 0.717) is 34.7 Å². The van der Waals surface area contributed by atoms with Crippen LogP contribution in [0.1, 0.15) is 35.9 Å². The molecule has 7 heteroatoms. The van der Waals surface area contributed by atoms with Crippen molar-refractivity contribution in [1.82, 2.24) is 14.9 Å². The second-order valence-corrected chi connectivity index (χ2v) is 7.60. The van der Waals surface area contributed by atoms with E-state index >= 15 is 0 Å². The van der Waals surface area contributed by atoms with Gasteiger partial charge in [0.2, 0.25) is 0 Å². The molecule has 0 bridgehead atoms. The Kier molecular flexibility index (Phi) is 7.14. The minimum Gasteiger partial charge on any atom is -0.493 e. The first-order valence-corrected chi connectivity index (χ1v) is 10.5. The van der Waals surface area contributed by atoms with Gasteiger partial charge in [0.05, 0.1) is 29.2 Å². The van der Waals surface area contributed by atoms with Crippen LogP contribution < -0.4 is 14.8 Å². The van der Waals surface area contributed by atoms with Crippen LogP contribution in [-0.2, 0) is 6.54 Å². The lowest BCUT2D eigenvalue weighted by atomic mass is 10.2. The predicted molar refractivity (Wildman–Crippen MR) is 118 cm³/mol. The lowest BCUT2D eigenvalue weighted by Gasteiger charge is -2.14. The molecule has 3 aromatic rings. The summed E-state index contributed by atoms with van der Waals surface area (Å²) >= 11 is 3.48. The van der Waals surface area contributed by atoms with Gasteiger partial charge in [-0.1, -0.05) is 19.1 Å². The monoisotopic (exact) mass is 459 g/mol. The quantitative estimate of drug-likeness (QED) is 0.469. The molecule has 0 atom stereocenters. The highest BCUT2D eigenvalue weighted by molar-refractivity contribution is 9.10. The van der Waals surface area contributed by atoms with Gasteiger partial charge in [0, 0.05) is 18.7 Å². The largest absolute Gasteiger partial charge is 0.493 e. The second-order valence-electron chi connectivity index (χ2n) is 6.75. The van der Waals surface area contributed by atoms with E-state index in [2.05, 4.69) is 36.9 Å². The van der Waals surface area contributed by atoms with Crippen LogP contribution in [-0.4, -0.2) is 35.7 Å². The second kappa shape index (κ2) is 9.78. The number of nitrogens with one attached hydrogen (secondary N) is 1. The molecule has 154 valence electrons. The Labute approximate surface area is 179 Å². The molecular formula is C22H26BrN3O3. The summed E-state index contributed by atoms with van der Waals surface area (Å²) in [4.78, 5) is 17.2. The summed E-state index contributed by atoms with van der Waals surface area (Å²) in [7, 11) is 1.57. The van der Waals surface area contributed by atoms with E-state index in [1.807, 2.05) is 32.0 Å². The van der Waals surface area contributed by atoms with E-state index in [0.717, 1.165) is 36.2 Å². The Hall–Kier alpha value is -2.54. The summed E-state index contributed by atoms with van der Waals surface area (Å²) in [5.74, 6) is 2.00. The Morgan fingerprint density at radius 1 is 1.28 bits per heavy atom. The van der Waals surface area contributed by atoms with Gasteiger partial charge in [-0.25, -0.2) is 4.98 Å². The number of imidazole rings is 1. The zero-order chi connectivity index (χ0) is 20.8. The van der Waals surface area contributed by atoms with Gasteiger partial charge in [0.1, 0.15) is 5.82 Å². The smallest absolute Gasteiger partial charge is 0.251 e. The van der Waals surface area contributed by atoms with Crippen LogP contribution in [0.25, 0.3) is 11.0 Å². The number of carbonyl (C=O) groups is 1. The van der Waals surface area contributed by atoms with Crippen molar-refractivity contribution >= 4 is 32.9 Å². The van der Waals surface area contributed by atoms with Crippen LogP contribution in [0.3, 0.4) is 0 Å². The Morgan fingerprint density at radius 3 is 2.83 bits per heavy atom. The molecule has 0 aliphatic carbocycles. The number of fused-ring (bicyclic) bond motifs is 1. The molecule has 0 saturated carbocycles. The van der Waals surface area contributed by atoms with Crippen molar-refractivity contribution in [3.63, 3.8) is 0 Å². The molecule has 1 aromatic heterocycles. The molecule has 1 heterocycles. The molecule has 0 aliphatic heterocycles. The number of ether oxygens (including phenoxy) is 2. The van der Waals surface area contributed by atoms with Crippen LogP contribution in [0.4, 0.5) is 0 Å². The molecule has 0 fully saturated rings. The normalized spacial score (nSPS) is 10.9. The number of halogens is 1. The lowest BCUT2D eigenvalue weighted by molar-refractivity contribution is 0.0952. The number of nitrogens with zero attached hydrogens (tertiary/aromatic N) is 2. The molecule has 29 heavy (non-hydrogen) atoms. The van der Waals surface area contributed by atoms with Crippen LogP contribution in [0.2, 0.25) is 0 Å². The molecule has 0 unspecified atom stereocenters. The van der Waals surface area contributed by atoms with Gasteiger partial charge in [-0.15, -0.1) is 0 Å². The minimum absolute atomic E-state index is 0.141. The third-order valence-corrected chi connectivity index (χ3v) is 5.22. The van der Waals surface area contributed by atoms with E-state index < -0.39 is 0 Å². The fraction of sp³-hybridized carbons (Fsp3) is 0.364. The number of aromatic nitrogens is 2. The number of para-hydroxylation sites is 2. The Bertz CT molecular complexity index is 1000. The highest BCUT2D eigenvalue weighted by atomic mass is 79.9. The lowest BCUT2D eigenvalue weighted by Crippen LogP contribution is -2.25. The van der Waals surface area contributed by atoms with Crippen molar-refractivity contribution in [3.05, 3.63) is 52.3 Å². The van der Waals surface area contributed by atoms with Crippen molar-refractivity contribution in [1.29, 1.82) is 0 Å². The first-order chi connectivity index (χ1) is 14.0. The molecule has 0 aliphatic rings. The zero-order valence-corrected chi connectivity index (χ0v) is 18.6. The number of carbonyl (C=O) groups excluding carboxylic acids is 1. The van der Waals surface area contributed by atoms with Crippen LogP contribution in [0.5, 0.6) is 11.5 Å². The number of rotatable bonds is 9. The first kappa shape index (κ1) is 21.2. The van der Waals surface area contributed by atoms with Gasteiger partial charge in [-0.3, -0.25) is 4.79 Å². The number of hydrogen-bond acceptors (Lipinski definition) is 4. The van der Waals surface area contributed by atoms with Gasteiger partial charge in [-0.2, -0.15) is 0 Å². The fourth-order valence-electron chi connectivity index (χ4n) is 3.21.